The van der Waals surface area contributed by atoms with E-state index in [1.165, 1.54) is 25.9 Å². The van der Waals surface area contributed by atoms with Gasteiger partial charge in [-0.05, 0) is 51.5 Å². The number of rotatable bonds is 2. The molecule has 2 atom stereocenters. The van der Waals surface area contributed by atoms with Crippen molar-refractivity contribution in [2.45, 2.75) is 65.6 Å². The Balaban J connectivity index is 2.44. The minimum atomic E-state index is -1.39. The van der Waals surface area contributed by atoms with Crippen molar-refractivity contribution in [2.75, 3.05) is 14.2 Å². The standard InChI is InChI=1S/C27H37NO5/c1-18-11-8-7-9-13-20(3)26(31)28-24-17-22(29)16-23(25(24)30)27(32-5,33-6)21(4)14-10-12-19(2)15-18/h7,9,13,15-17,19,21H,8,10-12,14H2,1-6H3,(H,28,31). The van der Waals surface area contributed by atoms with Crippen LogP contribution in [0.4, 0.5) is 0 Å². The van der Waals surface area contributed by atoms with Gasteiger partial charge >= 0.3 is 0 Å². The van der Waals surface area contributed by atoms with Crippen LogP contribution in [0.5, 0.6) is 0 Å². The third kappa shape index (κ3) is 6.71. The molecule has 1 amide bonds. The highest BCUT2D eigenvalue weighted by atomic mass is 16.7. The molecule has 6 heteroatoms. The molecule has 0 spiro atoms. The number of fused-ring (bicyclic) bond motifs is 2. The van der Waals surface area contributed by atoms with Gasteiger partial charge in [0.2, 0.25) is 11.6 Å². The van der Waals surface area contributed by atoms with Crippen molar-refractivity contribution in [1.29, 1.82) is 0 Å². The van der Waals surface area contributed by atoms with Gasteiger partial charge in [-0.2, -0.15) is 0 Å². The minimum Gasteiger partial charge on any atom is -0.349 e. The van der Waals surface area contributed by atoms with Crippen LogP contribution in [0.2, 0.25) is 0 Å². The normalized spacial score (nSPS) is 25.6. The Morgan fingerprint density at radius 2 is 1.73 bits per heavy atom. The summed E-state index contributed by atoms with van der Waals surface area (Å²) in [6, 6.07) is 0. The number of Topliss-reactive ketones (excluding diaryl/α,β-unsaturated/α-hetero) is 1. The summed E-state index contributed by atoms with van der Waals surface area (Å²) in [5.74, 6) is -2.47. The van der Waals surface area contributed by atoms with E-state index in [0.29, 0.717) is 11.5 Å². The van der Waals surface area contributed by atoms with Gasteiger partial charge in [0, 0.05) is 31.8 Å². The second kappa shape index (κ2) is 12.1. The van der Waals surface area contributed by atoms with E-state index in [1.54, 1.807) is 13.0 Å². The summed E-state index contributed by atoms with van der Waals surface area (Å²) in [4.78, 5) is 38.4. The van der Waals surface area contributed by atoms with Gasteiger partial charge in [0.05, 0.1) is 11.3 Å². The molecule has 0 radical (unpaired) electrons. The van der Waals surface area contributed by atoms with Gasteiger partial charge in [-0.3, -0.25) is 14.4 Å². The minimum absolute atomic E-state index is 0.0729. The number of carbonyl (C=O) groups excluding carboxylic acids is 3. The molecule has 0 saturated heterocycles. The lowest BCUT2D eigenvalue weighted by molar-refractivity contribution is -0.211. The van der Waals surface area contributed by atoms with Gasteiger partial charge < -0.3 is 14.8 Å². The van der Waals surface area contributed by atoms with Crippen LogP contribution < -0.4 is 5.32 Å². The number of ketones is 2. The molecule has 0 aromatic rings. The maximum absolute atomic E-state index is 13.3. The Labute approximate surface area is 197 Å². The molecule has 1 N–H and O–H groups in total. The molecular formula is C27H37NO5. The molecule has 6 nitrogen and oxygen atoms in total. The van der Waals surface area contributed by atoms with Crippen molar-refractivity contribution in [3.05, 3.63) is 58.9 Å². The SMILES string of the molecule is COC1(OC)C2=CC(=O)C=C(NC(=O)C(C)=CC=CCCC(C)=CC(C)CCCC1C)C2=O. The van der Waals surface area contributed by atoms with E-state index >= 15 is 0 Å². The quantitative estimate of drug-likeness (QED) is 0.370. The van der Waals surface area contributed by atoms with Crippen LogP contribution >= 0.6 is 0 Å². The molecule has 2 unspecified atom stereocenters. The Kier molecular flexibility index (Phi) is 9.74. The van der Waals surface area contributed by atoms with Gasteiger partial charge in [0.1, 0.15) is 0 Å². The number of amides is 1. The molecule has 0 aromatic heterocycles. The monoisotopic (exact) mass is 455 g/mol. The van der Waals surface area contributed by atoms with Gasteiger partial charge in [0.25, 0.3) is 5.91 Å². The van der Waals surface area contributed by atoms with Gasteiger partial charge in [-0.15, -0.1) is 0 Å². The van der Waals surface area contributed by atoms with Crippen molar-refractivity contribution >= 4 is 17.5 Å². The zero-order valence-electron chi connectivity index (χ0n) is 20.7. The molecule has 0 saturated carbocycles. The smallest absolute Gasteiger partial charge is 0.251 e. The Hall–Kier alpha value is -2.57. The highest BCUT2D eigenvalue weighted by Crippen LogP contribution is 2.37. The molecular weight excluding hydrogens is 418 g/mol. The molecule has 2 aliphatic rings. The van der Waals surface area contributed by atoms with Crippen LogP contribution in [0.1, 0.15) is 59.8 Å². The predicted octanol–water partition coefficient (Wildman–Crippen LogP) is 4.74. The number of hydrogen-bond acceptors (Lipinski definition) is 5. The van der Waals surface area contributed by atoms with E-state index in [1.807, 2.05) is 19.1 Å². The van der Waals surface area contributed by atoms with E-state index in [-0.39, 0.29) is 17.2 Å². The molecule has 0 aromatic carbocycles. The predicted molar refractivity (Wildman–Crippen MR) is 129 cm³/mol. The highest BCUT2D eigenvalue weighted by molar-refractivity contribution is 6.22. The lowest BCUT2D eigenvalue weighted by Gasteiger charge is -2.39. The summed E-state index contributed by atoms with van der Waals surface area (Å²) in [5, 5.41) is 2.59. The molecule has 2 rings (SSSR count). The lowest BCUT2D eigenvalue weighted by Crippen LogP contribution is -2.48. The largest absolute Gasteiger partial charge is 0.349 e. The third-order valence-corrected chi connectivity index (χ3v) is 6.35. The molecule has 1 aliphatic carbocycles. The molecule has 1 heterocycles. The topological polar surface area (TPSA) is 81.7 Å². The molecule has 180 valence electrons. The number of allylic oxidation sites excluding steroid dienone is 8. The molecule has 1 aliphatic heterocycles. The van der Waals surface area contributed by atoms with E-state index in [9.17, 15) is 14.4 Å². The second-order valence-corrected chi connectivity index (χ2v) is 9.02. The van der Waals surface area contributed by atoms with E-state index in [0.717, 1.165) is 38.2 Å². The summed E-state index contributed by atoms with van der Waals surface area (Å²) in [6.45, 7) is 7.97. The van der Waals surface area contributed by atoms with Crippen molar-refractivity contribution in [2.24, 2.45) is 11.8 Å². The third-order valence-electron chi connectivity index (χ3n) is 6.35. The van der Waals surface area contributed by atoms with Crippen LogP contribution in [0.25, 0.3) is 0 Å². The highest BCUT2D eigenvalue weighted by Gasteiger charge is 2.45. The zero-order valence-corrected chi connectivity index (χ0v) is 20.7. The number of hydrogen-bond donors (Lipinski definition) is 1. The van der Waals surface area contributed by atoms with E-state index < -0.39 is 23.3 Å². The lowest BCUT2D eigenvalue weighted by atomic mass is 9.82. The zero-order chi connectivity index (χ0) is 24.6. The number of methoxy groups -OCH3 is 2. The second-order valence-electron chi connectivity index (χ2n) is 9.02. The van der Waals surface area contributed by atoms with Gasteiger partial charge in [-0.1, -0.05) is 50.1 Å². The van der Waals surface area contributed by atoms with Crippen LogP contribution in [-0.2, 0) is 23.9 Å². The number of ether oxygens (including phenoxy) is 2. The summed E-state index contributed by atoms with van der Waals surface area (Å²) in [7, 11) is 2.94. The fourth-order valence-corrected chi connectivity index (χ4v) is 4.43. The summed E-state index contributed by atoms with van der Waals surface area (Å²) in [5.41, 5.74) is 1.80. The van der Waals surface area contributed by atoms with Crippen molar-refractivity contribution in [3.63, 3.8) is 0 Å². The van der Waals surface area contributed by atoms with E-state index in [4.69, 9.17) is 9.47 Å². The summed E-state index contributed by atoms with van der Waals surface area (Å²) in [6.07, 6.45) is 14.8. The van der Waals surface area contributed by atoms with Crippen LogP contribution in [0.15, 0.2) is 58.9 Å². The number of carbonyl (C=O) groups is 3. The first-order valence-electron chi connectivity index (χ1n) is 11.6. The molecule has 33 heavy (non-hydrogen) atoms. The van der Waals surface area contributed by atoms with E-state index in [2.05, 4.69) is 25.2 Å². The number of nitrogens with one attached hydrogen (secondary N) is 1. The Morgan fingerprint density at radius 1 is 1.03 bits per heavy atom. The van der Waals surface area contributed by atoms with Crippen molar-refractivity contribution < 1.29 is 23.9 Å². The first-order chi connectivity index (χ1) is 15.6. The average molecular weight is 456 g/mol. The summed E-state index contributed by atoms with van der Waals surface area (Å²) >= 11 is 0. The Bertz CT molecular complexity index is 915. The van der Waals surface area contributed by atoms with Gasteiger partial charge in [0.15, 0.2) is 5.78 Å². The Morgan fingerprint density at radius 3 is 2.39 bits per heavy atom. The maximum atomic E-state index is 13.3. The molecule has 2 bridgehead atoms. The van der Waals surface area contributed by atoms with Gasteiger partial charge in [-0.25, -0.2) is 0 Å². The summed E-state index contributed by atoms with van der Waals surface area (Å²) < 4.78 is 11.5. The molecule has 0 fully saturated rings. The van der Waals surface area contributed by atoms with Crippen LogP contribution in [0.3, 0.4) is 0 Å². The first kappa shape index (κ1) is 26.7. The average Bonchev–Trinajstić information content (AvgIpc) is 2.76. The van der Waals surface area contributed by atoms with Crippen molar-refractivity contribution in [3.8, 4) is 0 Å². The fraction of sp³-hybridized carbons (Fsp3) is 0.519. The van der Waals surface area contributed by atoms with Crippen molar-refractivity contribution in [1.82, 2.24) is 5.32 Å². The van der Waals surface area contributed by atoms with Crippen LogP contribution in [0, 0.1) is 11.8 Å². The fourth-order valence-electron chi connectivity index (χ4n) is 4.43. The van der Waals surface area contributed by atoms with Crippen LogP contribution in [-0.4, -0.2) is 37.5 Å². The maximum Gasteiger partial charge on any atom is 0.251 e. The first-order valence-corrected chi connectivity index (χ1v) is 11.6.